The molecular weight excluding hydrogens is 230 g/mol. The van der Waals surface area contributed by atoms with Gasteiger partial charge in [-0.1, -0.05) is 11.6 Å². The largest absolute Gasteiger partial charge is 0.468 e. The number of nitrogens with zero attached hydrogens (tertiary/aromatic N) is 1. The summed E-state index contributed by atoms with van der Waals surface area (Å²) >= 11 is 7.53. The Balaban J connectivity index is 2.07. The fourth-order valence-corrected chi connectivity index (χ4v) is 2.34. The first-order valence-electron chi connectivity index (χ1n) is 4.53. The van der Waals surface area contributed by atoms with E-state index in [1.165, 1.54) is 0 Å². The van der Waals surface area contributed by atoms with E-state index in [9.17, 15) is 0 Å². The van der Waals surface area contributed by atoms with Gasteiger partial charge in [0, 0.05) is 11.1 Å². The van der Waals surface area contributed by atoms with Crippen molar-refractivity contribution in [3.05, 3.63) is 47.1 Å². The van der Waals surface area contributed by atoms with Gasteiger partial charge in [-0.2, -0.15) is 0 Å². The van der Waals surface area contributed by atoms with Gasteiger partial charge in [-0.25, -0.2) is 4.98 Å². The fourth-order valence-electron chi connectivity index (χ4n) is 1.18. The van der Waals surface area contributed by atoms with E-state index in [4.69, 9.17) is 16.0 Å². The van der Waals surface area contributed by atoms with Crippen molar-refractivity contribution in [2.45, 2.75) is 17.6 Å². The molecule has 0 atom stereocenters. The highest BCUT2D eigenvalue weighted by Gasteiger charge is 2.03. The molecule has 0 amide bonds. The van der Waals surface area contributed by atoms with Crippen molar-refractivity contribution >= 4 is 23.4 Å². The van der Waals surface area contributed by atoms with Crippen LogP contribution < -0.4 is 0 Å². The fraction of sp³-hybridized carbons (Fsp3) is 0.182. The molecule has 2 aromatic heterocycles. The Bertz CT molecular complexity index is 442. The number of hydrogen-bond acceptors (Lipinski definition) is 3. The molecule has 0 N–H and O–H groups in total. The molecule has 78 valence electrons. The molecular formula is C11H10ClNOS. The lowest BCUT2D eigenvalue weighted by atomic mass is 10.3. The third-order valence-electron chi connectivity index (χ3n) is 1.97. The number of thioether (sulfide) groups is 1. The first-order valence-corrected chi connectivity index (χ1v) is 5.89. The quantitative estimate of drug-likeness (QED) is 0.600. The molecule has 2 nitrogen and oxygen atoms in total. The Morgan fingerprint density at radius 2 is 2.40 bits per heavy atom. The van der Waals surface area contributed by atoms with Crippen LogP contribution in [0.3, 0.4) is 0 Å². The number of aryl methyl sites for hydroxylation is 1. The molecule has 0 radical (unpaired) electrons. The second-order valence-corrected chi connectivity index (χ2v) is 4.54. The van der Waals surface area contributed by atoms with Crippen molar-refractivity contribution in [2.75, 3.05) is 0 Å². The van der Waals surface area contributed by atoms with Gasteiger partial charge in [-0.15, -0.1) is 11.8 Å². The standard InChI is InChI=1S/C11H10ClNOS/c1-8-6-13-11(12)5-10(8)15-7-9-3-2-4-14-9/h2-6H,7H2,1H3. The monoisotopic (exact) mass is 239 g/mol. The van der Waals surface area contributed by atoms with Crippen molar-refractivity contribution in [2.24, 2.45) is 0 Å². The maximum absolute atomic E-state index is 5.83. The summed E-state index contributed by atoms with van der Waals surface area (Å²) in [7, 11) is 0. The van der Waals surface area contributed by atoms with E-state index in [1.54, 1.807) is 24.2 Å². The molecule has 0 saturated carbocycles. The van der Waals surface area contributed by atoms with E-state index in [1.807, 2.05) is 25.1 Å². The Labute approximate surface area is 97.7 Å². The van der Waals surface area contributed by atoms with Crippen molar-refractivity contribution in [3.63, 3.8) is 0 Å². The van der Waals surface area contributed by atoms with Crippen LogP contribution >= 0.6 is 23.4 Å². The third kappa shape index (κ3) is 2.76. The molecule has 0 spiro atoms. The number of hydrogen-bond donors (Lipinski definition) is 0. The third-order valence-corrected chi connectivity index (χ3v) is 3.36. The molecule has 2 heterocycles. The Morgan fingerprint density at radius 1 is 1.53 bits per heavy atom. The van der Waals surface area contributed by atoms with Crippen molar-refractivity contribution < 1.29 is 4.42 Å². The zero-order valence-electron chi connectivity index (χ0n) is 8.24. The molecule has 15 heavy (non-hydrogen) atoms. The maximum Gasteiger partial charge on any atom is 0.130 e. The zero-order valence-corrected chi connectivity index (χ0v) is 9.81. The van der Waals surface area contributed by atoms with Crippen LogP contribution in [-0.4, -0.2) is 4.98 Å². The van der Waals surface area contributed by atoms with Gasteiger partial charge < -0.3 is 4.42 Å². The maximum atomic E-state index is 5.83. The molecule has 0 saturated heterocycles. The zero-order chi connectivity index (χ0) is 10.7. The molecule has 0 aliphatic heterocycles. The Morgan fingerprint density at radius 3 is 3.13 bits per heavy atom. The number of furan rings is 1. The van der Waals surface area contributed by atoms with Gasteiger partial charge in [0.15, 0.2) is 0 Å². The van der Waals surface area contributed by atoms with Crippen molar-refractivity contribution in [1.82, 2.24) is 4.98 Å². The van der Waals surface area contributed by atoms with Crippen LogP contribution in [-0.2, 0) is 5.75 Å². The summed E-state index contributed by atoms with van der Waals surface area (Å²) in [4.78, 5) is 5.16. The van der Waals surface area contributed by atoms with Gasteiger partial charge in [0.2, 0.25) is 0 Å². The van der Waals surface area contributed by atoms with E-state index in [0.717, 1.165) is 22.0 Å². The lowest BCUT2D eigenvalue weighted by molar-refractivity contribution is 0.530. The molecule has 0 aliphatic carbocycles. The summed E-state index contributed by atoms with van der Waals surface area (Å²) in [6.45, 7) is 2.02. The van der Waals surface area contributed by atoms with Gasteiger partial charge in [0.05, 0.1) is 12.0 Å². The first kappa shape index (κ1) is 10.6. The van der Waals surface area contributed by atoms with Gasteiger partial charge in [0.1, 0.15) is 10.9 Å². The number of pyridine rings is 1. The van der Waals surface area contributed by atoms with Crippen LogP contribution in [0.25, 0.3) is 0 Å². The molecule has 0 unspecified atom stereocenters. The highest BCUT2D eigenvalue weighted by molar-refractivity contribution is 7.98. The lowest BCUT2D eigenvalue weighted by Gasteiger charge is -2.03. The van der Waals surface area contributed by atoms with Crippen LogP contribution in [0.2, 0.25) is 5.15 Å². The number of rotatable bonds is 3. The van der Waals surface area contributed by atoms with E-state index in [0.29, 0.717) is 5.15 Å². The summed E-state index contributed by atoms with van der Waals surface area (Å²) in [5.41, 5.74) is 1.14. The predicted molar refractivity (Wildman–Crippen MR) is 62.3 cm³/mol. The van der Waals surface area contributed by atoms with Gasteiger partial charge in [-0.3, -0.25) is 0 Å². The summed E-state index contributed by atoms with van der Waals surface area (Å²) in [6.07, 6.45) is 3.47. The topological polar surface area (TPSA) is 26.0 Å². The lowest BCUT2D eigenvalue weighted by Crippen LogP contribution is -1.84. The van der Waals surface area contributed by atoms with Crippen LogP contribution in [0.1, 0.15) is 11.3 Å². The van der Waals surface area contributed by atoms with Crippen LogP contribution in [0, 0.1) is 6.92 Å². The molecule has 0 bridgehead atoms. The summed E-state index contributed by atoms with van der Waals surface area (Å²) in [5, 5.41) is 0.530. The average molecular weight is 240 g/mol. The molecule has 2 aromatic rings. The number of aromatic nitrogens is 1. The van der Waals surface area contributed by atoms with Crippen LogP contribution in [0.15, 0.2) is 40.0 Å². The minimum absolute atomic E-state index is 0.530. The van der Waals surface area contributed by atoms with Gasteiger partial charge >= 0.3 is 0 Å². The predicted octanol–water partition coefficient (Wildman–Crippen LogP) is 3.93. The first-order chi connectivity index (χ1) is 7.25. The van der Waals surface area contributed by atoms with E-state index < -0.39 is 0 Å². The minimum Gasteiger partial charge on any atom is -0.468 e. The van der Waals surface area contributed by atoms with E-state index in [-0.39, 0.29) is 0 Å². The Hall–Kier alpha value is -0.930. The molecule has 0 aromatic carbocycles. The summed E-state index contributed by atoms with van der Waals surface area (Å²) in [5.74, 6) is 1.78. The van der Waals surface area contributed by atoms with Crippen molar-refractivity contribution in [3.8, 4) is 0 Å². The highest BCUT2D eigenvalue weighted by atomic mass is 35.5. The second kappa shape index (κ2) is 4.73. The van der Waals surface area contributed by atoms with E-state index in [2.05, 4.69) is 4.98 Å². The van der Waals surface area contributed by atoms with Crippen molar-refractivity contribution in [1.29, 1.82) is 0 Å². The SMILES string of the molecule is Cc1cnc(Cl)cc1SCc1ccco1. The normalized spacial score (nSPS) is 10.5. The average Bonchev–Trinajstić information content (AvgIpc) is 2.72. The van der Waals surface area contributed by atoms with Gasteiger partial charge in [0.25, 0.3) is 0 Å². The molecule has 0 fully saturated rings. The summed E-state index contributed by atoms with van der Waals surface area (Å²) in [6, 6.07) is 5.73. The molecule has 0 aliphatic rings. The van der Waals surface area contributed by atoms with Crippen LogP contribution in [0.5, 0.6) is 0 Å². The van der Waals surface area contributed by atoms with Gasteiger partial charge in [-0.05, 0) is 30.7 Å². The molecule has 2 rings (SSSR count). The second-order valence-electron chi connectivity index (χ2n) is 3.14. The highest BCUT2D eigenvalue weighted by Crippen LogP contribution is 2.27. The minimum atomic E-state index is 0.530. The van der Waals surface area contributed by atoms with Crippen LogP contribution in [0.4, 0.5) is 0 Å². The van der Waals surface area contributed by atoms with E-state index >= 15 is 0 Å². The molecule has 4 heteroatoms. The summed E-state index contributed by atoms with van der Waals surface area (Å²) < 4.78 is 5.26. The Kier molecular flexibility index (Phi) is 3.34. The smallest absolute Gasteiger partial charge is 0.130 e. The number of halogens is 1.